The fourth-order valence-corrected chi connectivity index (χ4v) is 3.73. The number of likely N-dealkylation sites (N-methyl/N-ethyl adjacent to an activating group) is 1. The van der Waals surface area contributed by atoms with Crippen LogP contribution in [0.5, 0.6) is 5.75 Å². The fourth-order valence-electron chi connectivity index (χ4n) is 2.98. The van der Waals surface area contributed by atoms with E-state index in [9.17, 15) is 5.11 Å². The molecule has 1 heterocycles. The second-order valence-electron chi connectivity index (χ2n) is 5.62. The molecule has 0 fully saturated rings. The van der Waals surface area contributed by atoms with Crippen LogP contribution in [-0.2, 0) is 6.42 Å². The van der Waals surface area contributed by atoms with E-state index in [1.807, 2.05) is 12.1 Å². The van der Waals surface area contributed by atoms with Crippen molar-refractivity contribution >= 4 is 34.2 Å². The Morgan fingerprint density at radius 3 is 2.86 bits per heavy atom. The van der Waals surface area contributed by atoms with Crippen molar-refractivity contribution in [3.63, 3.8) is 0 Å². The number of fused-ring (bicyclic) bond motifs is 1. The van der Waals surface area contributed by atoms with Gasteiger partial charge in [-0.05, 0) is 77.0 Å². The summed E-state index contributed by atoms with van der Waals surface area (Å²) in [7, 11) is 2.15. The predicted octanol–water partition coefficient (Wildman–Crippen LogP) is 4.27. The maximum atomic E-state index is 10.0. The summed E-state index contributed by atoms with van der Waals surface area (Å²) >= 11 is 8.43. The minimum atomic E-state index is 0.176. The smallest absolute Gasteiger partial charge is 0.134 e. The molecular weight excluding hydrogens is 395 g/mol. The van der Waals surface area contributed by atoms with Crippen molar-refractivity contribution in [2.45, 2.75) is 12.3 Å². The summed E-state index contributed by atoms with van der Waals surface area (Å²) in [6, 6.07) is 12.4. The Bertz CT molecular complexity index is 674. The van der Waals surface area contributed by atoms with Gasteiger partial charge in [0.05, 0.1) is 5.02 Å². The SMILES string of the molecule is CN1CCc2cc(Cl)c(O)cc2[C@H](c2cccc([125I])c2)C1. The monoisotopic (exact) mass is 411 g/mol. The zero-order chi connectivity index (χ0) is 15.0. The molecule has 1 aliphatic rings. The zero-order valence-corrected chi connectivity index (χ0v) is 14.7. The maximum Gasteiger partial charge on any atom is 0.134 e. The van der Waals surface area contributed by atoms with Crippen molar-refractivity contribution in [2.24, 2.45) is 0 Å². The number of nitrogens with zero attached hydrogens (tertiary/aromatic N) is 1. The van der Waals surface area contributed by atoms with Crippen molar-refractivity contribution in [2.75, 3.05) is 20.1 Å². The molecule has 110 valence electrons. The number of hydrogen-bond acceptors (Lipinski definition) is 2. The summed E-state index contributed by atoms with van der Waals surface area (Å²) in [5.41, 5.74) is 3.73. The second kappa shape index (κ2) is 6.15. The molecule has 21 heavy (non-hydrogen) atoms. The van der Waals surface area contributed by atoms with Gasteiger partial charge in [-0.25, -0.2) is 0 Å². The molecule has 3 rings (SSSR count). The third-order valence-electron chi connectivity index (χ3n) is 4.09. The lowest BCUT2D eigenvalue weighted by atomic mass is 9.88. The third kappa shape index (κ3) is 3.20. The van der Waals surface area contributed by atoms with Crippen molar-refractivity contribution in [1.29, 1.82) is 0 Å². The van der Waals surface area contributed by atoms with Crippen LogP contribution in [0.2, 0.25) is 5.02 Å². The predicted molar refractivity (Wildman–Crippen MR) is 95.3 cm³/mol. The number of hydrogen-bond donors (Lipinski definition) is 1. The molecule has 0 spiro atoms. The highest BCUT2D eigenvalue weighted by atomic mass is 125. The molecule has 2 nitrogen and oxygen atoms in total. The molecule has 1 N–H and O–H groups in total. The molecule has 1 aliphatic heterocycles. The van der Waals surface area contributed by atoms with Gasteiger partial charge in [0.25, 0.3) is 0 Å². The van der Waals surface area contributed by atoms with E-state index in [-0.39, 0.29) is 11.7 Å². The van der Waals surface area contributed by atoms with Gasteiger partial charge >= 0.3 is 0 Å². The first kappa shape index (κ1) is 15.1. The van der Waals surface area contributed by atoms with Gasteiger partial charge in [-0.15, -0.1) is 0 Å². The summed E-state index contributed by atoms with van der Waals surface area (Å²) in [6.07, 6.45) is 0.965. The van der Waals surface area contributed by atoms with Crippen LogP contribution in [0.25, 0.3) is 0 Å². The highest BCUT2D eigenvalue weighted by Crippen LogP contribution is 2.36. The normalized spacial score (nSPS) is 19.1. The minimum absolute atomic E-state index is 0.176. The number of benzene rings is 2. The largest absolute Gasteiger partial charge is 0.506 e. The average molecular weight is 412 g/mol. The van der Waals surface area contributed by atoms with E-state index in [2.05, 4.69) is 58.8 Å². The highest BCUT2D eigenvalue weighted by molar-refractivity contribution is 14.1. The lowest BCUT2D eigenvalue weighted by molar-refractivity contribution is 0.338. The summed E-state index contributed by atoms with van der Waals surface area (Å²) in [5, 5.41) is 10.4. The zero-order valence-electron chi connectivity index (χ0n) is 11.8. The summed E-state index contributed by atoms with van der Waals surface area (Å²) in [4.78, 5) is 2.34. The first-order valence-corrected chi connectivity index (χ1v) is 8.45. The number of aromatic hydroxyl groups is 1. The lowest BCUT2D eigenvalue weighted by Gasteiger charge is -2.22. The molecule has 4 heteroatoms. The van der Waals surface area contributed by atoms with Crippen LogP contribution < -0.4 is 0 Å². The van der Waals surface area contributed by atoms with Gasteiger partial charge in [-0.2, -0.15) is 0 Å². The number of rotatable bonds is 1. The van der Waals surface area contributed by atoms with E-state index >= 15 is 0 Å². The lowest BCUT2D eigenvalue weighted by Crippen LogP contribution is -2.24. The van der Waals surface area contributed by atoms with Crippen LogP contribution in [0.4, 0.5) is 0 Å². The third-order valence-corrected chi connectivity index (χ3v) is 5.07. The first-order chi connectivity index (χ1) is 10.0. The minimum Gasteiger partial charge on any atom is -0.506 e. The van der Waals surface area contributed by atoms with Crippen LogP contribution in [0.3, 0.4) is 0 Å². The number of halogens is 2. The Kier molecular flexibility index (Phi) is 4.43. The van der Waals surface area contributed by atoms with E-state index in [0.717, 1.165) is 19.5 Å². The molecule has 0 aromatic heterocycles. The number of phenolic OH excluding ortho intramolecular Hbond substituents is 1. The van der Waals surface area contributed by atoms with Gasteiger partial charge in [0.15, 0.2) is 0 Å². The van der Waals surface area contributed by atoms with Crippen LogP contribution in [0.1, 0.15) is 22.6 Å². The van der Waals surface area contributed by atoms with E-state index < -0.39 is 0 Å². The Hall–Kier alpha value is -0.780. The van der Waals surface area contributed by atoms with Crippen molar-refractivity contribution in [3.8, 4) is 5.75 Å². The van der Waals surface area contributed by atoms with Gasteiger partial charge in [-0.3, -0.25) is 0 Å². The first-order valence-electron chi connectivity index (χ1n) is 7.00. The molecule has 0 radical (unpaired) electrons. The molecule has 0 bridgehead atoms. The fraction of sp³-hybridized carbons (Fsp3) is 0.294. The quantitative estimate of drug-likeness (QED) is 0.709. The Balaban J connectivity index is 2.13. The van der Waals surface area contributed by atoms with E-state index in [1.165, 1.54) is 20.3 Å². The topological polar surface area (TPSA) is 23.5 Å². The average Bonchev–Trinajstić information content (AvgIpc) is 2.60. The Morgan fingerprint density at radius 1 is 1.29 bits per heavy atom. The molecular formula is C17H17ClINO. The van der Waals surface area contributed by atoms with Gasteiger partial charge < -0.3 is 10.0 Å². The van der Waals surface area contributed by atoms with E-state index in [1.54, 1.807) is 0 Å². The van der Waals surface area contributed by atoms with Crippen LogP contribution in [0.15, 0.2) is 36.4 Å². The molecule has 1 atom stereocenters. The Labute approximate surface area is 143 Å². The van der Waals surface area contributed by atoms with Crippen LogP contribution in [0, 0.1) is 3.57 Å². The molecule has 0 amide bonds. The molecule has 0 unspecified atom stereocenters. The van der Waals surface area contributed by atoms with Gasteiger partial charge in [0, 0.05) is 22.6 Å². The summed E-state index contributed by atoms with van der Waals surface area (Å²) < 4.78 is 1.23. The number of phenols is 1. The highest BCUT2D eigenvalue weighted by Gasteiger charge is 2.24. The summed E-state index contributed by atoms with van der Waals surface area (Å²) in [5.74, 6) is 0.445. The van der Waals surface area contributed by atoms with E-state index in [4.69, 9.17) is 11.6 Å². The van der Waals surface area contributed by atoms with Crippen molar-refractivity contribution in [3.05, 3.63) is 61.7 Å². The van der Waals surface area contributed by atoms with E-state index in [0.29, 0.717) is 5.02 Å². The van der Waals surface area contributed by atoms with Crippen LogP contribution >= 0.6 is 34.2 Å². The van der Waals surface area contributed by atoms with Crippen LogP contribution in [-0.4, -0.2) is 30.1 Å². The Morgan fingerprint density at radius 2 is 2.10 bits per heavy atom. The van der Waals surface area contributed by atoms with Gasteiger partial charge in [0.1, 0.15) is 5.75 Å². The second-order valence-corrected chi connectivity index (χ2v) is 7.28. The maximum absolute atomic E-state index is 10.0. The molecule has 0 aliphatic carbocycles. The van der Waals surface area contributed by atoms with Crippen molar-refractivity contribution < 1.29 is 5.11 Å². The molecule has 0 saturated heterocycles. The van der Waals surface area contributed by atoms with Gasteiger partial charge in [-0.1, -0.05) is 23.7 Å². The standard InChI is InChI=1S/C17H17ClINO/c1-20-6-5-12-8-16(18)17(21)9-14(12)15(10-20)11-3-2-4-13(19)7-11/h2-4,7-9,15,21H,5-6,10H2,1H3/t15-/m0/s1/i19-2. The molecule has 2 aromatic rings. The molecule has 0 saturated carbocycles. The van der Waals surface area contributed by atoms with Crippen molar-refractivity contribution in [1.82, 2.24) is 4.90 Å². The van der Waals surface area contributed by atoms with Gasteiger partial charge in [0.2, 0.25) is 0 Å². The summed E-state index contributed by atoms with van der Waals surface area (Å²) in [6.45, 7) is 1.96. The molecule has 2 aromatic carbocycles.